The molecule has 0 N–H and O–H groups in total. The summed E-state index contributed by atoms with van der Waals surface area (Å²) in [6.07, 6.45) is 0. The van der Waals surface area contributed by atoms with Gasteiger partial charge in [-0.25, -0.2) is 0 Å². The summed E-state index contributed by atoms with van der Waals surface area (Å²) in [6.45, 7) is 9.82. The monoisotopic (exact) mass is 254 g/mol. The van der Waals surface area contributed by atoms with Gasteiger partial charge < -0.3 is 8.85 Å². The van der Waals surface area contributed by atoms with Crippen molar-refractivity contribution in [1.29, 1.82) is 0 Å². The Kier molecular flexibility index (Phi) is 6.44. The second-order valence-corrected chi connectivity index (χ2v) is 9.05. The van der Waals surface area contributed by atoms with Crippen LogP contribution in [0.2, 0.25) is 6.04 Å². The van der Waals surface area contributed by atoms with Crippen molar-refractivity contribution in [3.8, 4) is 0 Å². The average molecular weight is 255 g/mol. The average Bonchev–Trinajstić information content (AvgIpc) is 1.85. The minimum absolute atomic E-state index is 0.620. The van der Waals surface area contributed by atoms with E-state index < -0.39 is 7.18 Å². The van der Waals surface area contributed by atoms with Gasteiger partial charge in [0.25, 0.3) is 0 Å². The maximum Gasteiger partial charge on any atom is 0.414 e. The van der Waals surface area contributed by atoms with Crippen molar-refractivity contribution in [1.82, 2.24) is 0 Å². The third-order valence-corrected chi connectivity index (χ3v) is 6.46. The summed E-state index contributed by atoms with van der Waals surface area (Å²) in [4.78, 5) is 0. The Morgan fingerprint density at radius 2 is 1.58 bits per heavy atom. The zero-order valence-corrected chi connectivity index (χ0v) is 11.0. The van der Waals surface area contributed by atoms with Gasteiger partial charge in [0.2, 0.25) is 0 Å². The molecule has 0 aromatic rings. The molecule has 0 saturated carbocycles. The predicted molar refractivity (Wildman–Crippen MR) is 57.6 cm³/mol. The van der Waals surface area contributed by atoms with Crippen molar-refractivity contribution in [2.24, 2.45) is 5.92 Å². The Bertz CT molecular complexity index is 114. The molecule has 0 aliphatic rings. The van der Waals surface area contributed by atoms with E-state index in [4.69, 9.17) is 8.85 Å². The Hall–Kier alpha value is 0.617. The largest absolute Gasteiger partial charge is 0.414 e. The van der Waals surface area contributed by atoms with E-state index in [1.165, 1.54) is 0 Å². The molecule has 0 aliphatic heterocycles. The van der Waals surface area contributed by atoms with E-state index in [2.05, 4.69) is 29.1 Å². The lowest BCUT2D eigenvalue weighted by molar-refractivity contribution is 0.203. The summed E-state index contributed by atoms with van der Waals surface area (Å²) < 4.78 is 11.2. The molecule has 2 nitrogen and oxygen atoms in total. The van der Waals surface area contributed by atoms with Gasteiger partial charge >= 0.3 is 7.18 Å². The van der Waals surface area contributed by atoms with Crippen LogP contribution in [-0.2, 0) is 8.85 Å². The third kappa shape index (κ3) is 5.30. The molecule has 0 radical (unpaired) electrons. The van der Waals surface area contributed by atoms with E-state index in [0.29, 0.717) is 5.92 Å². The lowest BCUT2D eigenvalue weighted by Gasteiger charge is -2.24. The number of rotatable bonds is 6. The normalized spacial score (nSPS) is 12.5. The first kappa shape index (κ1) is 12.6. The molecule has 0 unspecified atom stereocenters. The smallest absolute Gasteiger partial charge is 0.387 e. The molecule has 0 atom stereocenters. The van der Waals surface area contributed by atoms with Crippen LogP contribution in [0.4, 0.5) is 0 Å². The van der Waals surface area contributed by atoms with Gasteiger partial charge in [0, 0.05) is 19.3 Å². The van der Waals surface area contributed by atoms with Crippen molar-refractivity contribution < 1.29 is 8.85 Å². The van der Waals surface area contributed by atoms with Crippen molar-refractivity contribution in [2.75, 3.05) is 13.2 Å². The molecule has 0 aromatic carbocycles. The van der Waals surface area contributed by atoms with Crippen LogP contribution in [0.25, 0.3) is 0 Å². The van der Waals surface area contributed by atoms with Gasteiger partial charge in [0.1, 0.15) is 0 Å². The second-order valence-electron chi connectivity index (χ2n) is 3.12. The van der Waals surface area contributed by atoms with Gasteiger partial charge in [-0.15, -0.1) is 0 Å². The molecule has 0 saturated heterocycles. The Morgan fingerprint density at radius 3 is 1.83 bits per heavy atom. The SMILES string of the molecule is CCO[Si](Br)(CC(C)C)OCC. The molecule has 0 bridgehead atoms. The summed E-state index contributed by atoms with van der Waals surface area (Å²) in [5.41, 5.74) is 0. The maximum atomic E-state index is 5.61. The standard InChI is InChI=1S/C8H19BrO2Si/c1-5-10-12(9,11-6-2)7-8(3)4/h8H,5-7H2,1-4H3. The molecule has 0 rings (SSSR count). The molecule has 12 heavy (non-hydrogen) atoms. The van der Waals surface area contributed by atoms with Crippen LogP contribution in [0.1, 0.15) is 27.7 Å². The summed E-state index contributed by atoms with van der Waals surface area (Å²) in [7, 11) is -2.00. The van der Waals surface area contributed by atoms with E-state index in [1.807, 2.05) is 13.8 Å². The van der Waals surface area contributed by atoms with Crippen LogP contribution in [0.15, 0.2) is 0 Å². The highest BCUT2D eigenvalue weighted by Gasteiger charge is 2.34. The zero-order chi connectivity index (χ0) is 9.61. The molecule has 0 aliphatic carbocycles. The highest BCUT2D eigenvalue weighted by molar-refractivity contribution is 9.25. The Morgan fingerprint density at radius 1 is 1.17 bits per heavy atom. The lowest BCUT2D eigenvalue weighted by Crippen LogP contribution is -2.36. The Labute approximate surface area is 84.5 Å². The van der Waals surface area contributed by atoms with E-state index >= 15 is 0 Å². The number of hydrogen-bond donors (Lipinski definition) is 0. The number of hydrogen-bond acceptors (Lipinski definition) is 2. The first-order valence-corrected chi connectivity index (χ1v) is 8.79. The molecular formula is C8H19BrO2Si. The van der Waals surface area contributed by atoms with E-state index in [0.717, 1.165) is 19.3 Å². The van der Waals surface area contributed by atoms with Crippen molar-refractivity contribution >= 4 is 22.5 Å². The minimum atomic E-state index is -2.00. The number of halogens is 1. The van der Waals surface area contributed by atoms with Gasteiger partial charge in [0.15, 0.2) is 0 Å². The fraction of sp³-hybridized carbons (Fsp3) is 1.00. The highest BCUT2D eigenvalue weighted by Crippen LogP contribution is 2.25. The van der Waals surface area contributed by atoms with Crippen LogP contribution in [0.3, 0.4) is 0 Å². The van der Waals surface area contributed by atoms with E-state index in [-0.39, 0.29) is 0 Å². The van der Waals surface area contributed by atoms with E-state index in [1.54, 1.807) is 0 Å². The van der Waals surface area contributed by atoms with E-state index in [9.17, 15) is 0 Å². The summed E-state index contributed by atoms with van der Waals surface area (Å²) in [5.74, 6) is 0.620. The van der Waals surface area contributed by atoms with Crippen molar-refractivity contribution in [2.45, 2.75) is 33.7 Å². The lowest BCUT2D eigenvalue weighted by atomic mass is 10.3. The van der Waals surface area contributed by atoms with Gasteiger partial charge in [-0.1, -0.05) is 29.1 Å². The van der Waals surface area contributed by atoms with Crippen molar-refractivity contribution in [3.63, 3.8) is 0 Å². The molecule has 74 valence electrons. The zero-order valence-electron chi connectivity index (χ0n) is 8.39. The molecule has 0 amide bonds. The van der Waals surface area contributed by atoms with Gasteiger partial charge in [-0.05, 0) is 19.8 Å². The van der Waals surface area contributed by atoms with Crippen LogP contribution < -0.4 is 0 Å². The van der Waals surface area contributed by atoms with Gasteiger partial charge in [-0.2, -0.15) is 0 Å². The summed E-state index contributed by atoms with van der Waals surface area (Å²) in [6, 6.07) is 1.01. The molecule has 0 heterocycles. The van der Waals surface area contributed by atoms with Crippen LogP contribution in [0, 0.1) is 5.92 Å². The second kappa shape index (κ2) is 6.13. The topological polar surface area (TPSA) is 18.5 Å². The fourth-order valence-electron chi connectivity index (χ4n) is 1.08. The molecule has 0 fully saturated rings. The fourth-order valence-corrected chi connectivity index (χ4v) is 6.55. The maximum absolute atomic E-state index is 5.61. The van der Waals surface area contributed by atoms with Crippen molar-refractivity contribution in [3.05, 3.63) is 0 Å². The summed E-state index contributed by atoms with van der Waals surface area (Å²) >= 11 is 3.60. The van der Waals surface area contributed by atoms with Crippen LogP contribution in [-0.4, -0.2) is 20.4 Å². The molecule has 0 aromatic heterocycles. The minimum Gasteiger partial charge on any atom is -0.387 e. The summed E-state index contributed by atoms with van der Waals surface area (Å²) in [5, 5.41) is 0. The first-order chi connectivity index (χ1) is 5.54. The Balaban J connectivity index is 3.98. The van der Waals surface area contributed by atoms with Crippen LogP contribution in [0.5, 0.6) is 0 Å². The van der Waals surface area contributed by atoms with Gasteiger partial charge in [-0.3, -0.25) is 0 Å². The highest BCUT2D eigenvalue weighted by atomic mass is 79.9. The first-order valence-electron chi connectivity index (χ1n) is 4.51. The quantitative estimate of drug-likeness (QED) is 0.536. The molecule has 4 heteroatoms. The van der Waals surface area contributed by atoms with Gasteiger partial charge in [0.05, 0.1) is 0 Å². The third-order valence-electron chi connectivity index (χ3n) is 1.37. The molecule has 0 spiro atoms. The predicted octanol–water partition coefficient (Wildman–Crippen LogP) is 3.05. The molecular weight excluding hydrogens is 236 g/mol. The van der Waals surface area contributed by atoms with Crippen LogP contribution >= 0.6 is 15.3 Å².